The van der Waals surface area contributed by atoms with Crippen LogP contribution in [-0.2, 0) is 11.3 Å². The molecule has 0 unspecified atom stereocenters. The lowest BCUT2D eigenvalue weighted by Gasteiger charge is -2.35. The van der Waals surface area contributed by atoms with Crippen molar-refractivity contribution in [1.29, 1.82) is 5.26 Å². The maximum atomic E-state index is 8.91. The Balaban J connectivity index is 1.34. The van der Waals surface area contributed by atoms with E-state index in [0.29, 0.717) is 11.5 Å². The molecule has 0 radical (unpaired) electrons. The summed E-state index contributed by atoms with van der Waals surface area (Å²) in [6.45, 7) is 6.56. The fourth-order valence-corrected chi connectivity index (χ4v) is 3.83. The quantitative estimate of drug-likeness (QED) is 0.832. The molecule has 2 aromatic rings. The second-order valence-electron chi connectivity index (χ2n) is 7.26. The highest BCUT2D eigenvalue weighted by Crippen LogP contribution is 2.27. The Morgan fingerprint density at radius 2 is 1.78 bits per heavy atom. The maximum Gasteiger partial charge on any atom is 0.132 e. The Bertz CT molecular complexity index is 787. The van der Waals surface area contributed by atoms with Crippen LogP contribution in [0.4, 0.5) is 5.82 Å². The monoisotopic (exact) mass is 363 g/mol. The van der Waals surface area contributed by atoms with E-state index >= 15 is 0 Å². The van der Waals surface area contributed by atoms with E-state index in [2.05, 4.69) is 44.0 Å². The zero-order valence-corrected chi connectivity index (χ0v) is 15.5. The highest BCUT2D eigenvalue weighted by molar-refractivity contribution is 5.40. The van der Waals surface area contributed by atoms with E-state index in [1.165, 1.54) is 5.56 Å². The van der Waals surface area contributed by atoms with E-state index in [-0.39, 0.29) is 0 Å². The van der Waals surface area contributed by atoms with Crippen molar-refractivity contribution >= 4 is 5.82 Å². The van der Waals surface area contributed by atoms with E-state index in [1.54, 1.807) is 6.33 Å². The summed E-state index contributed by atoms with van der Waals surface area (Å²) in [5.41, 5.74) is 3.13. The average Bonchev–Trinajstić information content (AvgIpc) is 2.75. The van der Waals surface area contributed by atoms with Crippen LogP contribution in [0.1, 0.15) is 35.6 Å². The van der Waals surface area contributed by atoms with Gasteiger partial charge in [-0.15, -0.1) is 0 Å². The highest BCUT2D eigenvalue weighted by atomic mass is 16.5. The number of nitriles is 1. The van der Waals surface area contributed by atoms with Gasteiger partial charge < -0.3 is 9.64 Å². The van der Waals surface area contributed by atoms with E-state index in [9.17, 15) is 0 Å². The predicted molar refractivity (Wildman–Crippen MR) is 103 cm³/mol. The van der Waals surface area contributed by atoms with E-state index in [4.69, 9.17) is 10.00 Å². The van der Waals surface area contributed by atoms with E-state index in [1.807, 2.05) is 12.1 Å². The predicted octanol–water partition coefficient (Wildman–Crippen LogP) is 2.56. The number of benzene rings is 1. The first-order valence-corrected chi connectivity index (χ1v) is 9.68. The van der Waals surface area contributed by atoms with Gasteiger partial charge in [-0.2, -0.15) is 5.26 Å². The van der Waals surface area contributed by atoms with Gasteiger partial charge in [-0.3, -0.25) is 4.90 Å². The van der Waals surface area contributed by atoms with Crippen molar-refractivity contribution in [2.75, 3.05) is 44.3 Å². The van der Waals surface area contributed by atoms with Crippen molar-refractivity contribution in [3.8, 4) is 6.07 Å². The maximum absolute atomic E-state index is 8.91. The number of hydrogen-bond acceptors (Lipinski definition) is 6. The van der Waals surface area contributed by atoms with Gasteiger partial charge in [-0.1, -0.05) is 12.1 Å². The largest absolute Gasteiger partial charge is 0.381 e. The van der Waals surface area contributed by atoms with Crippen molar-refractivity contribution in [1.82, 2.24) is 14.9 Å². The van der Waals surface area contributed by atoms with Crippen molar-refractivity contribution < 1.29 is 4.74 Å². The van der Waals surface area contributed by atoms with Crippen LogP contribution in [0.3, 0.4) is 0 Å². The molecule has 2 aliphatic heterocycles. The fourth-order valence-electron chi connectivity index (χ4n) is 3.83. The molecule has 2 saturated heterocycles. The second kappa shape index (κ2) is 8.47. The summed E-state index contributed by atoms with van der Waals surface area (Å²) >= 11 is 0. The summed E-state index contributed by atoms with van der Waals surface area (Å²) in [5, 5.41) is 8.91. The van der Waals surface area contributed by atoms with Crippen LogP contribution in [0.5, 0.6) is 0 Å². The van der Waals surface area contributed by atoms with Gasteiger partial charge in [0, 0.05) is 63.6 Å². The molecule has 4 rings (SSSR count). The number of rotatable bonds is 4. The lowest BCUT2D eigenvalue weighted by atomic mass is 9.96. The van der Waals surface area contributed by atoms with Gasteiger partial charge in [-0.05, 0) is 30.5 Å². The first-order chi connectivity index (χ1) is 13.3. The minimum Gasteiger partial charge on any atom is -0.381 e. The van der Waals surface area contributed by atoms with Crippen molar-refractivity contribution in [3.05, 3.63) is 53.5 Å². The number of nitrogens with zero attached hydrogens (tertiary/aromatic N) is 5. The molecule has 0 atom stereocenters. The van der Waals surface area contributed by atoms with Crippen LogP contribution in [0.25, 0.3) is 0 Å². The van der Waals surface area contributed by atoms with Gasteiger partial charge in [0.1, 0.15) is 12.1 Å². The second-order valence-corrected chi connectivity index (χ2v) is 7.26. The summed E-state index contributed by atoms with van der Waals surface area (Å²) in [5.74, 6) is 1.54. The molecule has 0 aliphatic carbocycles. The SMILES string of the molecule is N#Cc1ccc(CN2CCN(c3cc(C4CCOCC4)ncn3)CC2)cc1. The standard InChI is InChI=1S/C21H25N5O/c22-14-17-1-3-18(4-2-17)15-25-7-9-26(10-8-25)21-13-20(23-16-24-21)19-5-11-27-12-6-19/h1-4,13,16,19H,5-12,15H2. The molecule has 6 nitrogen and oxygen atoms in total. The highest BCUT2D eigenvalue weighted by Gasteiger charge is 2.21. The molecule has 0 saturated carbocycles. The zero-order chi connectivity index (χ0) is 18.5. The van der Waals surface area contributed by atoms with Crippen LogP contribution in [0.2, 0.25) is 0 Å². The van der Waals surface area contributed by atoms with Gasteiger partial charge in [0.15, 0.2) is 0 Å². The summed E-state index contributed by atoms with van der Waals surface area (Å²) in [6.07, 6.45) is 3.81. The van der Waals surface area contributed by atoms with Crippen LogP contribution >= 0.6 is 0 Å². The zero-order valence-electron chi connectivity index (χ0n) is 15.5. The Kier molecular flexibility index (Phi) is 5.61. The van der Waals surface area contributed by atoms with Crippen molar-refractivity contribution in [3.63, 3.8) is 0 Å². The molecular formula is C21H25N5O. The smallest absolute Gasteiger partial charge is 0.132 e. The van der Waals surface area contributed by atoms with Gasteiger partial charge in [0.2, 0.25) is 0 Å². The Hall–Kier alpha value is -2.49. The van der Waals surface area contributed by atoms with Crippen LogP contribution in [0, 0.1) is 11.3 Å². The van der Waals surface area contributed by atoms with Crippen molar-refractivity contribution in [2.45, 2.75) is 25.3 Å². The van der Waals surface area contributed by atoms with Gasteiger partial charge in [0.05, 0.1) is 11.6 Å². The Morgan fingerprint density at radius 1 is 1.04 bits per heavy atom. The summed E-state index contributed by atoms with van der Waals surface area (Å²) in [4.78, 5) is 13.9. The minimum absolute atomic E-state index is 0.498. The molecule has 0 bridgehead atoms. The normalized spacial score (nSPS) is 19.0. The Morgan fingerprint density at radius 3 is 2.48 bits per heavy atom. The van der Waals surface area contributed by atoms with Gasteiger partial charge >= 0.3 is 0 Å². The van der Waals surface area contributed by atoms with E-state index < -0.39 is 0 Å². The van der Waals surface area contributed by atoms with Crippen molar-refractivity contribution in [2.24, 2.45) is 0 Å². The molecule has 6 heteroatoms. The number of ether oxygens (including phenoxy) is 1. The third-order valence-electron chi connectivity index (χ3n) is 5.50. The number of piperazine rings is 1. The Labute approximate surface area is 160 Å². The first kappa shape index (κ1) is 17.9. The molecule has 140 valence electrons. The van der Waals surface area contributed by atoms with Crippen LogP contribution in [0.15, 0.2) is 36.7 Å². The minimum atomic E-state index is 0.498. The molecular weight excluding hydrogens is 338 g/mol. The summed E-state index contributed by atoms with van der Waals surface area (Å²) in [7, 11) is 0. The third kappa shape index (κ3) is 4.44. The molecule has 0 N–H and O–H groups in total. The number of hydrogen-bond donors (Lipinski definition) is 0. The number of anilines is 1. The van der Waals surface area contributed by atoms with E-state index in [0.717, 1.165) is 70.3 Å². The third-order valence-corrected chi connectivity index (χ3v) is 5.50. The molecule has 2 aliphatic rings. The van der Waals surface area contributed by atoms with Crippen LogP contribution in [-0.4, -0.2) is 54.3 Å². The van der Waals surface area contributed by atoms with Gasteiger partial charge in [-0.25, -0.2) is 9.97 Å². The lowest BCUT2D eigenvalue weighted by molar-refractivity contribution is 0.0845. The summed E-state index contributed by atoms with van der Waals surface area (Å²) in [6, 6.07) is 12.2. The molecule has 1 aromatic carbocycles. The molecule has 0 spiro atoms. The number of aromatic nitrogens is 2. The van der Waals surface area contributed by atoms with Gasteiger partial charge in [0.25, 0.3) is 0 Å². The lowest BCUT2D eigenvalue weighted by Crippen LogP contribution is -2.46. The molecule has 0 amide bonds. The first-order valence-electron chi connectivity index (χ1n) is 9.68. The fraction of sp³-hybridized carbons (Fsp3) is 0.476. The molecule has 3 heterocycles. The average molecular weight is 363 g/mol. The molecule has 2 fully saturated rings. The molecule has 27 heavy (non-hydrogen) atoms. The molecule has 1 aromatic heterocycles. The summed E-state index contributed by atoms with van der Waals surface area (Å²) < 4.78 is 5.47. The van der Waals surface area contributed by atoms with Crippen LogP contribution < -0.4 is 4.90 Å². The topological polar surface area (TPSA) is 65.3 Å².